The number of amides is 1. The van der Waals surface area contributed by atoms with Crippen LogP contribution < -0.4 is 0 Å². The molecule has 0 aliphatic carbocycles. The predicted octanol–water partition coefficient (Wildman–Crippen LogP) is -0.510. The van der Waals surface area contributed by atoms with E-state index in [0.29, 0.717) is 6.04 Å². The number of likely N-dealkylation sites (N-methyl/N-ethyl adjacent to an activating group) is 2. The summed E-state index contributed by atoms with van der Waals surface area (Å²) in [5.74, 6) is 0.0414. The van der Waals surface area contributed by atoms with Crippen LogP contribution in [-0.4, -0.2) is 63.4 Å². The van der Waals surface area contributed by atoms with Crippen LogP contribution in [0.1, 0.15) is 0 Å². The lowest BCUT2D eigenvalue weighted by Gasteiger charge is -2.47. The second-order valence-corrected chi connectivity index (χ2v) is 4.16. The van der Waals surface area contributed by atoms with Crippen LogP contribution in [0.4, 0.5) is 0 Å². The molecule has 0 atom stereocenters. The number of quaternary nitrogens is 1. The highest BCUT2D eigenvalue weighted by molar-refractivity contribution is 6.19. The quantitative estimate of drug-likeness (QED) is 0.400. The van der Waals surface area contributed by atoms with Crippen LogP contribution in [-0.2, 0) is 4.79 Å². The van der Waals surface area contributed by atoms with Gasteiger partial charge in [-0.2, -0.15) is 0 Å². The number of carbonyl (C=O) groups excluding carboxylic acids is 1. The number of hydrogen-bond acceptors (Lipinski definition) is 1. The molecule has 1 rings (SSSR count). The molecular weight excluding hydrogens is 151 g/mol. The van der Waals surface area contributed by atoms with E-state index in [1.54, 1.807) is 4.90 Å². The lowest BCUT2D eigenvalue weighted by molar-refractivity contribution is -0.933. The molecule has 0 bridgehead atoms. The Kier molecular flexibility index (Phi) is 2.47. The lowest BCUT2D eigenvalue weighted by atomic mass is 10.0. The largest absolute Gasteiger partial charge is 0.332 e. The summed E-state index contributed by atoms with van der Waals surface area (Å²) in [6.45, 7) is 2.09. The molecule has 66 valence electrons. The molecule has 12 heavy (non-hydrogen) atoms. The third-order valence-corrected chi connectivity index (χ3v) is 2.53. The summed E-state index contributed by atoms with van der Waals surface area (Å²) in [6, 6.07) is 0.399. The van der Waals surface area contributed by atoms with Crippen molar-refractivity contribution in [1.82, 2.24) is 4.90 Å². The molecule has 0 spiro atoms. The van der Waals surface area contributed by atoms with Gasteiger partial charge in [0.25, 0.3) is 0 Å². The average molecular weight is 167 g/mol. The van der Waals surface area contributed by atoms with Crippen LogP contribution in [0.2, 0.25) is 6.32 Å². The van der Waals surface area contributed by atoms with E-state index in [2.05, 4.69) is 14.1 Å². The van der Waals surface area contributed by atoms with Gasteiger partial charge in [0.05, 0.1) is 21.9 Å². The van der Waals surface area contributed by atoms with E-state index in [4.69, 9.17) is 7.85 Å². The number of carbonyl (C=O) groups is 1. The fourth-order valence-corrected chi connectivity index (χ4v) is 1.68. The Morgan fingerprint density at radius 1 is 1.58 bits per heavy atom. The van der Waals surface area contributed by atoms with E-state index in [1.165, 1.54) is 0 Å². The molecule has 0 aromatic rings. The number of rotatable bonds is 2. The lowest BCUT2D eigenvalue weighted by Crippen LogP contribution is -2.67. The van der Waals surface area contributed by atoms with Gasteiger partial charge < -0.3 is 9.38 Å². The van der Waals surface area contributed by atoms with E-state index in [9.17, 15) is 4.79 Å². The Morgan fingerprint density at radius 2 is 2.08 bits per heavy atom. The Hall–Kier alpha value is -0.505. The van der Waals surface area contributed by atoms with Crippen molar-refractivity contribution in [1.29, 1.82) is 0 Å². The van der Waals surface area contributed by atoms with Crippen molar-refractivity contribution >= 4 is 13.8 Å². The highest BCUT2D eigenvalue weighted by Gasteiger charge is 2.40. The summed E-state index contributed by atoms with van der Waals surface area (Å²) in [5, 5.41) is 0. The number of nitrogens with zero attached hydrogens (tertiary/aromatic N) is 2. The van der Waals surface area contributed by atoms with Gasteiger partial charge >= 0.3 is 0 Å². The van der Waals surface area contributed by atoms with Crippen molar-refractivity contribution in [2.45, 2.75) is 12.4 Å². The van der Waals surface area contributed by atoms with Crippen LogP contribution in [0.5, 0.6) is 0 Å². The van der Waals surface area contributed by atoms with Gasteiger partial charge in [-0.3, -0.25) is 4.79 Å². The third-order valence-electron chi connectivity index (χ3n) is 2.53. The minimum absolute atomic E-state index is 0.0414. The number of likely N-dealkylation sites (tertiary alicyclic amines) is 1. The summed E-state index contributed by atoms with van der Waals surface area (Å²) < 4.78 is 1.01. The first-order chi connectivity index (χ1) is 5.46. The summed E-state index contributed by atoms with van der Waals surface area (Å²) in [4.78, 5) is 12.9. The Bertz CT molecular complexity index is 185. The van der Waals surface area contributed by atoms with Crippen LogP contribution in [0.15, 0.2) is 0 Å². The van der Waals surface area contributed by atoms with E-state index >= 15 is 0 Å². The Labute approximate surface area is 75.3 Å². The zero-order chi connectivity index (χ0) is 9.35. The van der Waals surface area contributed by atoms with Crippen LogP contribution in [0, 0.1) is 0 Å². The zero-order valence-corrected chi connectivity index (χ0v) is 8.08. The van der Waals surface area contributed by atoms with Crippen molar-refractivity contribution in [2.24, 2.45) is 0 Å². The molecule has 1 saturated heterocycles. The molecule has 1 aliphatic rings. The van der Waals surface area contributed by atoms with Crippen molar-refractivity contribution in [2.75, 3.05) is 34.2 Å². The van der Waals surface area contributed by atoms with Crippen LogP contribution in [0.3, 0.4) is 0 Å². The van der Waals surface area contributed by atoms with Crippen molar-refractivity contribution in [3.63, 3.8) is 0 Å². The molecule has 0 saturated carbocycles. The highest BCUT2D eigenvalue weighted by atomic mass is 16.2. The monoisotopic (exact) mass is 167 g/mol. The molecule has 0 N–H and O–H groups in total. The average Bonchev–Trinajstić information content (AvgIpc) is 1.97. The summed E-state index contributed by atoms with van der Waals surface area (Å²) in [6.07, 6.45) is 0.125. The summed E-state index contributed by atoms with van der Waals surface area (Å²) >= 11 is 0. The minimum atomic E-state index is 0.0414. The van der Waals surface area contributed by atoms with E-state index in [1.807, 2.05) is 7.05 Å². The highest BCUT2D eigenvalue weighted by Crippen LogP contribution is 2.18. The SMILES string of the molecule is [B]CC(=O)N(C)C1C[N+](C)(C)C1. The van der Waals surface area contributed by atoms with Crippen molar-refractivity contribution in [3.05, 3.63) is 0 Å². The van der Waals surface area contributed by atoms with Gasteiger partial charge in [-0.25, -0.2) is 0 Å². The topological polar surface area (TPSA) is 20.3 Å². The van der Waals surface area contributed by atoms with E-state index in [0.717, 1.165) is 17.6 Å². The van der Waals surface area contributed by atoms with E-state index < -0.39 is 0 Å². The fourth-order valence-electron chi connectivity index (χ4n) is 1.68. The predicted molar refractivity (Wildman–Crippen MR) is 49.0 cm³/mol. The van der Waals surface area contributed by atoms with Gasteiger partial charge in [-0.05, 0) is 6.32 Å². The Balaban J connectivity index is 2.38. The molecule has 3 nitrogen and oxygen atoms in total. The normalized spacial score (nSPS) is 21.6. The molecule has 1 aliphatic heterocycles. The van der Waals surface area contributed by atoms with Gasteiger partial charge in [-0.15, -0.1) is 0 Å². The third kappa shape index (κ3) is 1.80. The summed E-state index contributed by atoms with van der Waals surface area (Å²) in [7, 11) is 11.4. The fraction of sp³-hybridized carbons (Fsp3) is 0.875. The van der Waals surface area contributed by atoms with Crippen molar-refractivity contribution < 1.29 is 9.28 Å². The van der Waals surface area contributed by atoms with Gasteiger partial charge in [0.15, 0.2) is 0 Å². The van der Waals surface area contributed by atoms with Crippen molar-refractivity contribution in [3.8, 4) is 0 Å². The maximum absolute atomic E-state index is 11.2. The minimum Gasteiger partial charge on any atom is -0.332 e. The van der Waals surface area contributed by atoms with Gasteiger partial charge in [0.2, 0.25) is 5.91 Å². The maximum atomic E-state index is 11.2. The second kappa shape index (κ2) is 3.09. The van der Waals surface area contributed by atoms with E-state index in [-0.39, 0.29) is 12.2 Å². The first kappa shape index (κ1) is 9.58. The molecule has 1 fully saturated rings. The van der Waals surface area contributed by atoms with Gasteiger partial charge in [0, 0.05) is 7.05 Å². The molecule has 1 amide bonds. The number of hydrogen-bond donors (Lipinski definition) is 0. The van der Waals surface area contributed by atoms with Crippen LogP contribution >= 0.6 is 0 Å². The van der Waals surface area contributed by atoms with Gasteiger partial charge in [0.1, 0.15) is 19.1 Å². The molecular formula is C8H16BN2O+. The standard InChI is InChI=1S/C8H16BN2O/c1-10(8(12)4-9)7-5-11(2,3)6-7/h7H,4-6H2,1-3H3/q+1. The molecule has 1 heterocycles. The van der Waals surface area contributed by atoms with Crippen LogP contribution in [0.25, 0.3) is 0 Å². The molecule has 0 aromatic heterocycles. The van der Waals surface area contributed by atoms with Gasteiger partial charge in [-0.1, -0.05) is 0 Å². The molecule has 2 radical (unpaired) electrons. The molecule has 0 unspecified atom stereocenters. The molecule has 0 aromatic carbocycles. The first-order valence-electron chi connectivity index (χ1n) is 4.24. The Morgan fingerprint density at radius 3 is 2.42 bits per heavy atom. The smallest absolute Gasteiger partial charge is 0.214 e. The summed E-state index contributed by atoms with van der Waals surface area (Å²) in [5.41, 5.74) is 0. The second-order valence-electron chi connectivity index (χ2n) is 4.16. The maximum Gasteiger partial charge on any atom is 0.214 e. The first-order valence-corrected chi connectivity index (χ1v) is 4.24. The zero-order valence-electron chi connectivity index (χ0n) is 8.08. The molecule has 4 heteroatoms.